The Morgan fingerprint density at radius 2 is 1.79 bits per heavy atom. The lowest BCUT2D eigenvalue weighted by molar-refractivity contribution is -0.131. The Morgan fingerprint density at radius 3 is 2.59 bits per heavy atom. The van der Waals surface area contributed by atoms with E-state index in [0.717, 1.165) is 57.4 Å². The molecule has 4 heterocycles. The van der Waals surface area contributed by atoms with Gasteiger partial charge in [-0.15, -0.1) is 11.3 Å². The maximum absolute atomic E-state index is 13.0. The Kier molecular flexibility index (Phi) is 5.99. The average Bonchev–Trinajstić information content (AvgIpc) is 2.89. The monoisotopic (exact) mass is 416 g/mol. The van der Waals surface area contributed by atoms with E-state index in [1.54, 1.807) is 4.57 Å². The van der Waals surface area contributed by atoms with Crippen LogP contribution in [0.15, 0.2) is 4.79 Å². The lowest BCUT2D eigenvalue weighted by Gasteiger charge is -2.26. The van der Waals surface area contributed by atoms with Crippen molar-refractivity contribution in [2.24, 2.45) is 0 Å². The summed E-state index contributed by atoms with van der Waals surface area (Å²) in [5.41, 5.74) is 0.668. The van der Waals surface area contributed by atoms with E-state index in [1.165, 1.54) is 17.8 Å². The van der Waals surface area contributed by atoms with Crippen molar-refractivity contribution < 1.29 is 9.59 Å². The molecule has 2 aliphatic heterocycles. The molecule has 1 N–H and O–H groups in total. The predicted octanol–water partition coefficient (Wildman–Crippen LogP) is 2.63. The first-order valence-corrected chi connectivity index (χ1v) is 11.5. The van der Waals surface area contributed by atoms with Gasteiger partial charge in [0.15, 0.2) is 0 Å². The second-order valence-electron chi connectivity index (χ2n) is 7.98. The first kappa shape index (κ1) is 20.1. The third kappa shape index (κ3) is 4.08. The van der Waals surface area contributed by atoms with Gasteiger partial charge >= 0.3 is 0 Å². The van der Waals surface area contributed by atoms with Crippen LogP contribution < -0.4 is 10.9 Å². The summed E-state index contributed by atoms with van der Waals surface area (Å²) in [7, 11) is 0. The van der Waals surface area contributed by atoms with E-state index in [1.807, 2.05) is 11.8 Å². The smallest absolute Gasteiger partial charge is 0.262 e. The molecule has 0 saturated carbocycles. The number of thiophene rings is 1. The van der Waals surface area contributed by atoms with Crippen LogP contribution in [0.3, 0.4) is 0 Å². The Labute approximate surface area is 174 Å². The Morgan fingerprint density at radius 1 is 1.07 bits per heavy atom. The molecule has 2 aromatic rings. The zero-order valence-electron chi connectivity index (χ0n) is 17.0. The molecule has 0 unspecified atom stereocenters. The summed E-state index contributed by atoms with van der Waals surface area (Å²) in [5, 5.41) is 3.42. The van der Waals surface area contributed by atoms with Crippen molar-refractivity contribution in [3.63, 3.8) is 0 Å². The van der Waals surface area contributed by atoms with E-state index in [9.17, 15) is 14.4 Å². The van der Waals surface area contributed by atoms with Crippen molar-refractivity contribution in [3.05, 3.63) is 26.6 Å². The molecular weight excluding hydrogens is 388 g/mol. The Bertz CT molecular complexity index is 988. The molecule has 0 atom stereocenters. The van der Waals surface area contributed by atoms with Gasteiger partial charge in [-0.05, 0) is 44.6 Å². The van der Waals surface area contributed by atoms with E-state index in [-0.39, 0.29) is 17.4 Å². The molecule has 156 valence electrons. The van der Waals surface area contributed by atoms with Crippen LogP contribution in [-0.2, 0) is 17.8 Å². The third-order valence-electron chi connectivity index (χ3n) is 5.95. The summed E-state index contributed by atoms with van der Waals surface area (Å²) < 4.78 is 1.79. The lowest BCUT2D eigenvalue weighted by Crippen LogP contribution is -2.37. The van der Waals surface area contributed by atoms with Gasteiger partial charge in [0.25, 0.3) is 11.5 Å². The Balaban J connectivity index is 1.48. The van der Waals surface area contributed by atoms with Gasteiger partial charge in [0.2, 0.25) is 5.91 Å². The second-order valence-corrected chi connectivity index (χ2v) is 8.98. The number of rotatable bonds is 4. The molecule has 1 saturated heterocycles. The first-order valence-electron chi connectivity index (χ1n) is 10.6. The predicted molar refractivity (Wildman–Crippen MR) is 114 cm³/mol. The molecule has 0 spiro atoms. The zero-order valence-corrected chi connectivity index (χ0v) is 17.8. The molecule has 2 aliphatic rings. The van der Waals surface area contributed by atoms with Crippen LogP contribution in [0.5, 0.6) is 0 Å². The SMILES string of the molecule is Cc1c(C(=O)NCCC(=O)N2CCCCC2)sc2nc3n(c(=O)c12)CCCCC3. The molecule has 29 heavy (non-hydrogen) atoms. The van der Waals surface area contributed by atoms with Gasteiger partial charge in [-0.1, -0.05) is 6.42 Å². The number of amides is 2. The van der Waals surface area contributed by atoms with Gasteiger partial charge in [-0.3, -0.25) is 19.0 Å². The van der Waals surface area contributed by atoms with Gasteiger partial charge in [-0.2, -0.15) is 0 Å². The standard InChI is InChI=1S/C21H28N4O3S/c1-14-17-20(23-15-8-4-2-7-13-25(15)21(17)28)29-18(14)19(27)22-10-9-16(26)24-11-5-3-6-12-24/h2-13H2,1H3,(H,22,27). The minimum absolute atomic E-state index is 0.0278. The van der Waals surface area contributed by atoms with Crippen LogP contribution in [0.25, 0.3) is 10.2 Å². The molecule has 0 aliphatic carbocycles. The van der Waals surface area contributed by atoms with Crippen LogP contribution in [0.2, 0.25) is 0 Å². The number of hydrogen-bond donors (Lipinski definition) is 1. The lowest BCUT2D eigenvalue weighted by atomic mass is 10.1. The second kappa shape index (κ2) is 8.65. The van der Waals surface area contributed by atoms with Gasteiger partial charge in [0.1, 0.15) is 10.7 Å². The number of carbonyl (C=O) groups is 2. The number of nitrogens with zero attached hydrogens (tertiary/aromatic N) is 3. The van der Waals surface area contributed by atoms with Crippen molar-refractivity contribution >= 4 is 33.4 Å². The van der Waals surface area contributed by atoms with Crippen molar-refractivity contribution in [2.45, 2.75) is 64.8 Å². The molecule has 2 amide bonds. The van der Waals surface area contributed by atoms with Crippen molar-refractivity contribution in [3.8, 4) is 0 Å². The maximum atomic E-state index is 13.0. The van der Waals surface area contributed by atoms with Crippen molar-refractivity contribution in [1.82, 2.24) is 19.8 Å². The van der Waals surface area contributed by atoms with Crippen LogP contribution in [-0.4, -0.2) is 45.9 Å². The fraction of sp³-hybridized carbons (Fsp3) is 0.619. The Hall–Kier alpha value is -2.22. The summed E-state index contributed by atoms with van der Waals surface area (Å²) in [4.78, 5) is 45.8. The number of carbonyl (C=O) groups excluding carboxylic acids is 2. The van der Waals surface area contributed by atoms with E-state index in [0.29, 0.717) is 40.2 Å². The number of aryl methyl sites for hydroxylation is 2. The van der Waals surface area contributed by atoms with Gasteiger partial charge in [0, 0.05) is 39.0 Å². The largest absolute Gasteiger partial charge is 0.351 e. The molecule has 0 radical (unpaired) electrons. The van der Waals surface area contributed by atoms with Crippen molar-refractivity contribution in [2.75, 3.05) is 19.6 Å². The number of nitrogens with one attached hydrogen (secondary N) is 1. The molecule has 2 aromatic heterocycles. The molecule has 8 heteroatoms. The summed E-state index contributed by atoms with van der Waals surface area (Å²) in [6, 6.07) is 0. The summed E-state index contributed by atoms with van der Waals surface area (Å²) in [6.07, 6.45) is 7.56. The number of likely N-dealkylation sites (tertiary alicyclic amines) is 1. The molecule has 1 fully saturated rings. The zero-order chi connectivity index (χ0) is 20.4. The van der Waals surface area contributed by atoms with Crippen LogP contribution >= 0.6 is 11.3 Å². The van der Waals surface area contributed by atoms with Gasteiger partial charge in [0.05, 0.1) is 10.3 Å². The summed E-state index contributed by atoms with van der Waals surface area (Å²) in [5.74, 6) is 0.707. The van der Waals surface area contributed by atoms with E-state index in [2.05, 4.69) is 5.32 Å². The molecule has 0 aromatic carbocycles. The van der Waals surface area contributed by atoms with E-state index < -0.39 is 0 Å². The number of hydrogen-bond acceptors (Lipinski definition) is 5. The molecule has 0 bridgehead atoms. The average molecular weight is 417 g/mol. The molecular formula is C21H28N4O3S. The number of piperidine rings is 1. The molecule has 4 rings (SSSR count). The minimum Gasteiger partial charge on any atom is -0.351 e. The summed E-state index contributed by atoms with van der Waals surface area (Å²) >= 11 is 1.28. The maximum Gasteiger partial charge on any atom is 0.262 e. The minimum atomic E-state index is -0.225. The highest BCUT2D eigenvalue weighted by Crippen LogP contribution is 2.28. The van der Waals surface area contributed by atoms with Crippen LogP contribution in [0, 0.1) is 6.92 Å². The summed E-state index contributed by atoms with van der Waals surface area (Å²) in [6.45, 7) is 4.47. The number of fused-ring (bicyclic) bond motifs is 2. The topological polar surface area (TPSA) is 84.3 Å². The van der Waals surface area contributed by atoms with Crippen molar-refractivity contribution in [1.29, 1.82) is 0 Å². The van der Waals surface area contributed by atoms with E-state index >= 15 is 0 Å². The normalized spacial score (nSPS) is 17.1. The highest BCUT2D eigenvalue weighted by molar-refractivity contribution is 7.20. The highest BCUT2D eigenvalue weighted by Gasteiger charge is 2.22. The highest BCUT2D eigenvalue weighted by atomic mass is 32.1. The fourth-order valence-corrected chi connectivity index (χ4v) is 5.40. The number of aromatic nitrogens is 2. The first-order chi connectivity index (χ1) is 14.1. The molecule has 7 nitrogen and oxygen atoms in total. The van der Waals surface area contributed by atoms with Gasteiger partial charge in [-0.25, -0.2) is 4.98 Å². The van der Waals surface area contributed by atoms with Gasteiger partial charge < -0.3 is 10.2 Å². The van der Waals surface area contributed by atoms with Crippen LogP contribution in [0.4, 0.5) is 0 Å². The quantitative estimate of drug-likeness (QED) is 0.830. The van der Waals surface area contributed by atoms with Crippen LogP contribution in [0.1, 0.15) is 66.0 Å². The fourth-order valence-electron chi connectivity index (χ4n) is 4.29. The third-order valence-corrected chi connectivity index (χ3v) is 7.14. The van der Waals surface area contributed by atoms with E-state index in [4.69, 9.17) is 4.98 Å².